The first-order valence-electron chi connectivity index (χ1n) is 5.65. The number of nitrogens with two attached hydrogens (primary N) is 1. The van der Waals surface area contributed by atoms with E-state index in [2.05, 4.69) is 38.2 Å². The van der Waals surface area contributed by atoms with Crippen molar-refractivity contribution in [3.8, 4) is 0 Å². The van der Waals surface area contributed by atoms with Gasteiger partial charge in [-0.2, -0.15) is 0 Å². The van der Waals surface area contributed by atoms with Crippen molar-refractivity contribution in [3.05, 3.63) is 0 Å². The van der Waals surface area contributed by atoms with Gasteiger partial charge in [-0.25, -0.2) is 0 Å². The third kappa shape index (κ3) is 6.33. The zero-order valence-corrected chi connectivity index (χ0v) is 10.4. The van der Waals surface area contributed by atoms with E-state index < -0.39 is 0 Å². The highest BCUT2D eigenvalue weighted by atomic mass is 16.4. The summed E-state index contributed by atoms with van der Waals surface area (Å²) in [4.78, 5) is 0. The predicted octanol–water partition coefficient (Wildman–Crippen LogP) is 1.93. The van der Waals surface area contributed by atoms with Crippen LogP contribution in [0.4, 0.5) is 0 Å². The number of nitrogens with zero attached hydrogens (tertiary/aromatic N) is 1. The lowest BCUT2D eigenvalue weighted by atomic mass is 9.90. The molecule has 1 atom stereocenters. The van der Waals surface area contributed by atoms with Gasteiger partial charge in [0.25, 0.3) is 0 Å². The molecule has 4 heteroatoms. The van der Waals surface area contributed by atoms with Crippen LogP contribution in [0.2, 0.25) is 0 Å². The van der Waals surface area contributed by atoms with Gasteiger partial charge in [-0.15, -0.1) is 0 Å². The maximum absolute atomic E-state index is 8.49. The molecular weight excluding hydrogens is 190 g/mol. The van der Waals surface area contributed by atoms with Gasteiger partial charge < -0.3 is 16.3 Å². The average Bonchev–Trinajstić information content (AvgIpc) is 2.23. The second-order valence-electron chi connectivity index (χ2n) is 4.80. The van der Waals surface area contributed by atoms with Gasteiger partial charge in [-0.05, 0) is 18.3 Å². The van der Waals surface area contributed by atoms with E-state index in [1.54, 1.807) is 0 Å². The second-order valence-corrected chi connectivity index (χ2v) is 4.80. The van der Waals surface area contributed by atoms with E-state index in [0.29, 0.717) is 23.7 Å². The average molecular weight is 215 g/mol. The van der Waals surface area contributed by atoms with Crippen molar-refractivity contribution in [2.75, 3.05) is 6.54 Å². The molecule has 90 valence electrons. The van der Waals surface area contributed by atoms with Crippen molar-refractivity contribution >= 4 is 5.84 Å². The van der Waals surface area contributed by atoms with Crippen LogP contribution in [-0.2, 0) is 0 Å². The summed E-state index contributed by atoms with van der Waals surface area (Å²) in [6.07, 6.45) is 2.73. The van der Waals surface area contributed by atoms with Crippen LogP contribution in [0.3, 0.4) is 0 Å². The lowest BCUT2D eigenvalue weighted by molar-refractivity contribution is 0.301. The monoisotopic (exact) mass is 215 g/mol. The standard InChI is InChI=1S/C11H25N3O/c1-5-9(7-10(12)14-15)13-8-11(3,4)6-2/h9,13,15H,5-8H2,1-4H3,(H2,12,14). The minimum Gasteiger partial charge on any atom is -0.409 e. The summed E-state index contributed by atoms with van der Waals surface area (Å²) in [6.45, 7) is 9.71. The minimum atomic E-state index is 0.295. The smallest absolute Gasteiger partial charge is 0.140 e. The van der Waals surface area contributed by atoms with Crippen LogP contribution in [0.25, 0.3) is 0 Å². The molecule has 15 heavy (non-hydrogen) atoms. The van der Waals surface area contributed by atoms with E-state index >= 15 is 0 Å². The molecule has 0 heterocycles. The highest BCUT2D eigenvalue weighted by Gasteiger charge is 2.17. The molecule has 0 radical (unpaired) electrons. The SMILES string of the molecule is CCC(CC(N)=NO)NCC(C)(C)CC. The van der Waals surface area contributed by atoms with Gasteiger partial charge in [0.15, 0.2) is 0 Å². The topological polar surface area (TPSA) is 70.6 Å². The molecule has 0 saturated carbocycles. The highest BCUT2D eigenvalue weighted by Crippen LogP contribution is 2.18. The van der Waals surface area contributed by atoms with Crippen LogP contribution >= 0.6 is 0 Å². The fourth-order valence-corrected chi connectivity index (χ4v) is 1.20. The maximum atomic E-state index is 8.49. The number of oxime groups is 1. The molecule has 0 amide bonds. The molecule has 0 aromatic rings. The van der Waals surface area contributed by atoms with E-state index in [-0.39, 0.29) is 0 Å². The summed E-state index contributed by atoms with van der Waals surface area (Å²) < 4.78 is 0. The largest absolute Gasteiger partial charge is 0.409 e. The summed E-state index contributed by atoms with van der Waals surface area (Å²) in [5.74, 6) is 0.295. The molecular formula is C11H25N3O. The Morgan fingerprint density at radius 2 is 2.07 bits per heavy atom. The summed E-state index contributed by atoms with van der Waals surface area (Å²) >= 11 is 0. The zero-order chi connectivity index (χ0) is 11.9. The molecule has 1 unspecified atom stereocenters. The van der Waals surface area contributed by atoms with Crippen molar-refractivity contribution in [2.45, 2.75) is 53.0 Å². The first kappa shape index (κ1) is 14.2. The van der Waals surface area contributed by atoms with E-state index in [4.69, 9.17) is 10.9 Å². The fourth-order valence-electron chi connectivity index (χ4n) is 1.20. The molecule has 0 aliphatic rings. The number of hydrogen-bond donors (Lipinski definition) is 3. The van der Waals surface area contributed by atoms with Gasteiger partial charge in [-0.1, -0.05) is 32.9 Å². The van der Waals surface area contributed by atoms with Gasteiger partial charge in [0.05, 0.1) is 0 Å². The van der Waals surface area contributed by atoms with Crippen LogP contribution < -0.4 is 11.1 Å². The summed E-state index contributed by atoms with van der Waals surface area (Å²) in [6, 6.07) is 0.298. The number of nitrogens with one attached hydrogen (secondary N) is 1. The highest BCUT2D eigenvalue weighted by molar-refractivity contribution is 5.80. The summed E-state index contributed by atoms with van der Waals surface area (Å²) in [7, 11) is 0. The minimum absolute atomic E-state index is 0.295. The van der Waals surface area contributed by atoms with Crippen molar-refractivity contribution in [1.82, 2.24) is 5.32 Å². The van der Waals surface area contributed by atoms with Crippen LogP contribution in [0.1, 0.15) is 47.0 Å². The summed E-state index contributed by atoms with van der Waals surface area (Å²) in [5.41, 5.74) is 5.79. The third-order valence-electron chi connectivity index (χ3n) is 2.90. The van der Waals surface area contributed by atoms with E-state index in [1.165, 1.54) is 0 Å². The van der Waals surface area contributed by atoms with Gasteiger partial charge in [0, 0.05) is 19.0 Å². The van der Waals surface area contributed by atoms with E-state index in [9.17, 15) is 0 Å². The molecule has 0 fully saturated rings. The third-order valence-corrected chi connectivity index (χ3v) is 2.90. The Morgan fingerprint density at radius 1 is 1.47 bits per heavy atom. The normalized spacial score (nSPS) is 15.3. The second kappa shape index (κ2) is 6.67. The molecule has 0 aliphatic heterocycles. The first-order valence-corrected chi connectivity index (χ1v) is 5.65. The Labute approximate surface area is 92.9 Å². The van der Waals surface area contributed by atoms with Crippen LogP contribution in [0, 0.1) is 5.41 Å². The molecule has 0 aromatic heterocycles. The molecule has 0 spiro atoms. The van der Waals surface area contributed by atoms with Gasteiger partial charge in [0.2, 0.25) is 0 Å². The number of amidine groups is 1. The Bertz CT molecular complexity index is 202. The van der Waals surface area contributed by atoms with E-state index in [0.717, 1.165) is 19.4 Å². The molecule has 0 aliphatic carbocycles. The lowest BCUT2D eigenvalue weighted by Crippen LogP contribution is -2.38. The molecule has 0 bridgehead atoms. The molecule has 0 aromatic carbocycles. The van der Waals surface area contributed by atoms with Crippen molar-refractivity contribution < 1.29 is 5.21 Å². The van der Waals surface area contributed by atoms with Crippen LogP contribution in [0.5, 0.6) is 0 Å². The Balaban J connectivity index is 4.01. The van der Waals surface area contributed by atoms with Crippen molar-refractivity contribution in [1.29, 1.82) is 0 Å². The van der Waals surface area contributed by atoms with Crippen molar-refractivity contribution in [2.24, 2.45) is 16.3 Å². The molecule has 4 nitrogen and oxygen atoms in total. The van der Waals surface area contributed by atoms with Crippen LogP contribution in [-0.4, -0.2) is 23.6 Å². The zero-order valence-electron chi connectivity index (χ0n) is 10.4. The first-order chi connectivity index (χ1) is 6.95. The van der Waals surface area contributed by atoms with Crippen LogP contribution in [0.15, 0.2) is 5.16 Å². The van der Waals surface area contributed by atoms with Crippen molar-refractivity contribution in [3.63, 3.8) is 0 Å². The number of hydrogen-bond acceptors (Lipinski definition) is 3. The quantitative estimate of drug-likeness (QED) is 0.263. The van der Waals surface area contributed by atoms with E-state index in [1.807, 2.05) is 0 Å². The fraction of sp³-hybridized carbons (Fsp3) is 0.909. The van der Waals surface area contributed by atoms with Gasteiger partial charge in [-0.3, -0.25) is 0 Å². The Kier molecular flexibility index (Phi) is 6.32. The Hall–Kier alpha value is -0.770. The Morgan fingerprint density at radius 3 is 2.47 bits per heavy atom. The molecule has 4 N–H and O–H groups in total. The molecule has 0 saturated heterocycles. The molecule has 0 rings (SSSR count). The number of rotatable bonds is 7. The predicted molar refractivity (Wildman–Crippen MR) is 64.2 cm³/mol. The maximum Gasteiger partial charge on any atom is 0.140 e. The van der Waals surface area contributed by atoms with Gasteiger partial charge >= 0.3 is 0 Å². The van der Waals surface area contributed by atoms with Gasteiger partial charge in [0.1, 0.15) is 5.84 Å². The lowest BCUT2D eigenvalue weighted by Gasteiger charge is -2.26. The summed E-state index contributed by atoms with van der Waals surface area (Å²) in [5, 5.41) is 14.9.